The lowest BCUT2D eigenvalue weighted by molar-refractivity contribution is 0.181. The Morgan fingerprint density at radius 2 is 1.38 bits per heavy atom. The zero-order chi connectivity index (χ0) is 17.6. The maximum absolute atomic E-state index is 7.10. The van der Waals surface area contributed by atoms with Gasteiger partial charge in [0.05, 0.1) is 0 Å². The highest BCUT2D eigenvalue weighted by Gasteiger charge is 2.51. The number of benzene rings is 2. The summed E-state index contributed by atoms with van der Waals surface area (Å²) in [6, 6.07) is 21.8. The average Bonchev–Trinajstić information content (AvgIpc) is 2.59. The molecule has 0 spiro atoms. The first-order valence-electron chi connectivity index (χ1n) is 8.80. The Morgan fingerprint density at radius 3 is 1.71 bits per heavy atom. The van der Waals surface area contributed by atoms with E-state index in [0.717, 1.165) is 17.3 Å². The van der Waals surface area contributed by atoms with Crippen molar-refractivity contribution in [2.24, 2.45) is 0 Å². The number of hydrogen-bond donors (Lipinski definition) is 0. The summed E-state index contributed by atoms with van der Waals surface area (Å²) in [6.45, 7) is 9.27. The molecule has 0 saturated heterocycles. The molecule has 0 fully saturated rings. The number of rotatable bonds is 7. The van der Waals surface area contributed by atoms with Crippen LogP contribution in [0.3, 0.4) is 0 Å². The molecule has 0 aliphatic rings. The van der Waals surface area contributed by atoms with E-state index in [1.54, 1.807) is 0 Å². The summed E-state index contributed by atoms with van der Waals surface area (Å²) < 4.78 is 8.23. The van der Waals surface area contributed by atoms with E-state index >= 15 is 0 Å². The van der Waals surface area contributed by atoms with Crippen molar-refractivity contribution in [1.29, 1.82) is 0 Å². The Morgan fingerprint density at radius 1 is 0.917 bits per heavy atom. The first-order valence-corrected chi connectivity index (χ1v) is 12.2. The van der Waals surface area contributed by atoms with Crippen LogP contribution < -0.4 is 10.4 Å². The third-order valence-corrected chi connectivity index (χ3v) is 10.4. The minimum atomic E-state index is -2.37. The molecule has 1 nitrogen and oxygen atoms in total. The molecular weight excluding hydrogens is 423 g/mol. The Kier molecular flexibility index (Phi) is 7.07. The fourth-order valence-electron chi connectivity index (χ4n) is 3.41. The molecule has 0 aliphatic carbocycles. The van der Waals surface area contributed by atoms with E-state index in [2.05, 4.69) is 111 Å². The molecule has 0 bridgehead atoms. The van der Waals surface area contributed by atoms with Gasteiger partial charge < -0.3 is 4.43 Å². The summed E-state index contributed by atoms with van der Waals surface area (Å²) in [5.74, 6) is 0. The van der Waals surface area contributed by atoms with E-state index in [0.29, 0.717) is 6.10 Å². The van der Waals surface area contributed by atoms with Gasteiger partial charge in [-0.3, -0.25) is 0 Å². The quantitative estimate of drug-likeness (QED) is 0.320. The van der Waals surface area contributed by atoms with Crippen molar-refractivity contribution in [2.45, 2.75) is 51.7 Å². The van der Waals surface area contributed by atoms with Gasteiger partial charge in [-0.05, 0) is 28.3 Å². The van der Waals surface area contributed by atoms with E-state index < -0.39 is 8.32 Å². The van der Waals surface area contributed by atoms with Crippen molar-refractivity contribution >= 4 is 41.3 Å². The first kappa shape index (κ1) is 19.7. The summed E-state index contributed by atoms with van der Waals surface area (Å²) in [5.41, 5.74) is 0. The molecule has 3 heteroatoms. The minimum absolute atomic E-state index is 0.0639. The molecule has 0 saturated carbocycles. The maximum Gasteiger partial charge on any atom is 0.261 e. The Balaban J connectivity index is 2.65. The van der Waals surface area contributed by atoms with Gasteiger partial charge in [0.1, 0.15) is 0 Å². The van der Waals surface area contributed by atoms with E-state index in [-0.39, 0.29) is 5.04 Å². The van der Waals surface area contributed by atoms with Crippen LogP contribution in [0.25, 0.3) is 0 Å². The molecule has 0 aromatic heterocycles. The molecule has 0 heterocycles. The molecule has 1 atom stereocenters. The first-order chi connectivity index (χ1) is 11.5. The second-order valence-electron chi connectivity index (χ2n) is 7.29. The molecule has 130 valence electrons. The third-order valence-electron chi connectivity index (χ3n) is 4.65. The van der Waals surface area contributed by atoms with Gasteiger partial charge in [-0.25, -0.2) is 0 Å². The summed E-state index contributed by atoms with van der Waals surface area (Å²) >= 11 is 2.46. The Hall–Kier alpha value is -0.653. The van der Waals surface area contributed by atoms with Gasteiger partial charge in [0, 0.05) is 10.5 Å². The van der Waals surface area contributed by atoms with E-state index in [1.807, 2.05) is 0 Å². The molecule has 0 N–H and O–H groups in total. The van der Waals surface area contributed by atoms with Crippen LogP contribution in [0.1, 0.15) is 40.5 Å². The summed E-state index contributed by atoms with van der Waals surface area (Å²) in [6.07, 6.45) is 2.49. The lowest BCUT2D eigenvalue weighted by atomic mass is 10.2. The number of alkyl halides is 1. The normalized spacial score (nSPS) is 13.7. The zero-order valence-electron chi connectivity index (χ0n) is 15.3. The van der Waals surface area contributed by atoms with Crippen LogP contribution in [-0.2, 0) is 4.43 Å². The van der Waals surface area contributed by atoms with Crippen LogP contribution >= 0.6 is 22.6 Å². The van der Waals surface area contributed by atoms with Gasteiger partial charge in [-0.2, -0.15) is 0 Å². The van der Waals surface area contributed by atoms with Crippen molar-refractivity contribution in [1.82, 2.24) is 0 Å². The number of halogens is 1. The lowest BCUT2D eigenvalue weighted by Gasteiger charge is -2.45. The Bertz CT molecular complexity index is 567. The van der Waals surface area contributed by atoms with Crippen molar-refractivity contribution in [3.05, 3.63) is 60.7 Å². The number of hydrogen-bond acceptors (Lipinski definition) is 1. The molecule has 2 rings (SSSR count). The molecule has 1 unspecified atom stereocenters. The largest absolute Gasteiger partial charge is 0.404 e. The van der Waals surface area contributed by atoms with Crippen LogP contribution in [0.5, 0.6) is 0 Å². The van der Waals surface area contributed by atoms with Crippen LogP contribution in [0, 0.1) is 0 Å². The summed E-state index contributed by atoms with van der Waals surface area (Å²) in [7, 11) is -2.37. The molecule has 0 amide bonds. The average molecular weight is 452 g/mol. The molecule has 0 aliphatic heterocycles. The fourth-order valence-corrected chi connectivity index (χ4v) is 8.90. The molecule has 2 aromatic carbocycles. The van der Waals surface area contributed by atoms with Crippen LogP contribution in [-0.4, -0.2) is 18.8 Å². The second kappa shape index (κ2) is 8.63. The topological polar surface area (TPSA) is 9.23 Å². The van der Waals surface area contributed by atoms with Crippen molar-refractivity contribution in [3.63, 3.8) is 0 Å². The second-order valence-corrected chi connectivity index (χ2v) is 12.6. The highest BCUT2D eigenvalue weighted by Crippen LogP contribution is 2.38. The highest BCUT2D eigenvalue weighted by atomic mass is 127. The maximum atomic E-state index is 7.10. The summed E-state index contributed by atoms with van der Waals surface area (Å²) in [4.78, 5) is 0. The van der Waals surface area contributed by atoms with Gasteiger partial charge in [0.25, 0.3) is 8.32 Å². The van der Waals surface area contributed by atoms with Crippen molar-refractivity contribution < 1.29 is 4.43 Å². The van der Waals surface area contributed by atoms with Crippen molar-refractivity contribution in [3.8, 4) is 0 Å². The van der Waals surface area contributed by atoms with Gasteiger partial charge in [-0.1, -0.05) is 111 Å². The zero-order valence-corrected chi connectivity index (χ0v) is 18.4. The molecule has 2 aromatic rings. The fraction of sp³-hybridized carbons (Fsp3) is 0.429. The summed E-state index contributed by atoms with van der Waals surface area (Å²) in [5, 5.41) is 2.81. The predicted octanol–water partition coefficient (Wildman–Crippen LogP) is 5.17. The van der Waals surface area contributed by atoms with Crippen molar-refractivity contribution in [2.75, 3.05) is 4.43 Å². The Labute approximate surface area is 162 Å². The van der Waals surface area contributed by atoms with Crippen LogP contribution in [0.15, 0.2) is 60.7 Å². The smallest absolute Gasteiger partial charge is 0.261 e. The standard InChI is InChI=1S/C21H29IOSi/c1-5-18(16-17-22)23-24(21(2,3)4,19-12-8-6-9-13-19)20-14-10-7-11-15-20/h6-15,18H,5,16-17H2,1-4H3. The SMILES string of the molecule is CCC(CCI)O[Si](c1ccccc1)(c1ccccc1)C(C)(C)C. The van der Waals surface area contributed by atoms with E-state index in [4.69, 9.17) is 4.43 Å². The van der Waals surface area contributed by atoms with Crippen LogP contribution in [0.2, 0.25) is 5.04 Å². The monoisotopic (exact) mass is 452 g/mol. The van der Waals surface area contributed by atoms with Gasteiger partial charge in [-0.15, -0.1) is 0 Å². The predicted molar refractivity (Wildman–Crippen MR) is 116 cm³/mol. The van der Waals surface area contributed by atoms with Gasteiger partial charge >= 0.3 is 0 Å². The minimum Gasteiger partial charge on any atom is -0.404 e. The van der Waals surface area contributed by atoms with E-state index in [9.17, 15) is 0 Å². The molecule has 24 heavy (non-hydrogen) atoms. The van der Waals surface area contributed by atoms with Gasteiger partial charge in [0.2, 0.25) is 0 Å². The highest BCUT2D eigenvalue weighted by molar-refractivity contribution is 14.1. The van der Waals surface area contributed by atoms with Crippen LogP contribution in [0.4, 0.5) is 0 Å². The third kappa shape index (κ3) is 4.11. The molecule has 0 radical (unpaired) electrons. The van der Waals surface area contributed by atoms with E-state index in [1.165, 1.54) is 10.4 Å². The lowest BCUT2D eigenvalue weighted by Crippen LogP contribution is -2.67. The van der Waals surface area contributed by atoms with Gasteiger partial charge in [0.15, 0.2) is 0 Å². The molecular formula is C21H29IOSi.